The third-order valence-electron chi connectivity index (χ3n) is 3.57. The zero-order valence-corrected chi connectivity index (χ0v) is 11.5. The molecule has 0 aliphatic rings. The maximum Gasteiger partial charge on any atom is 0.147 e. The normalized spacial score (nSPS) is 14.2. The Labute approximate surface area is 115 Å². The van der Waals surface area contributed by atoms with Gasteiger partial charge >= 0.3 is 0 Å². The molecule has 2 rings (SSSR count). The van der Waals surface area contributed by atoms with Crippen molar-refractivity contribution < 1.29 is 9.52 Å². The van der Waals surface area contributed by atoms with E-state index in [1.54, 1.807) is 6.26 Å². The van der Waals surface area contributed by atoms with Crippen LogP contribution in [0.15, 0.2) is 53.1 Å². The standard InChI is InChI=1S/C17H22O2/c1-2-3-4-8-13-17(18,16-12-9-14-19-16)15-10-6-5-7-11-15/h5-7,9-12,14,18H,2-4,8,13H2,1H3. The number of rotatable bonds is 7. The quantitative estimate of drug-likeness (QED) is 0.742. The van der Waals surface area contributed by atoms with E-state index in [4.69, 9.17) is 4.42 Å². The van der Waals surface area contributed by atoms with Gasteiger partial charge in [-0.1, -0.05) is 56.5 Å². The first kappa shape index (κ1) is 13.9. The van der Waals surface area contributed by atoms with Gasteiger partial charge in [0.1, 0.15) is 11.4 Å². The van der Waals surface area contributed by atoms with E-state index >= 15 is 0 Å². The van der Waals surface area contributed by atoms with Gasteiger partial charge in [-0.2, -0.15) is 0 Å². The number of aliphatic hydroxyl groups is 1. The van der Waals surface area contributed by atoms with Crippen molar-refractivity contribution >= 4 is 0 Å². The van der Waals surface area contributed by atoms with Crippen molar-refractivity contribution in [2.75, 3.05) is 0 Å². The summed E-state index contributed by atoms with van der Waals surface area (Å²) in [6.45, 7) is 2.19. The molecule has 1 aromatic carbocycles. The number of furan rings is 1. The highest BCUT2D eigenvalue weighted by Crippen LogP contribution is 2.34. The van der Waals surface area contributed by atoms with Crippen LogP contribution in [0.4, 0.5) is 0 Å². The van der Waals surface area contributed by atoms with E-state index in [0.717, 1.165) is 18.4 Å². The molecule has 0 saturated heterocycles. The van der Waals surface area contributed by atoms with Gasteiger partial charge in [0.25, 0.3) is 0 Å². The maximum absolute atomic E-state index is 11.0. The fourth-order valence-electron chi connectivity index (χ4n) is 2.45. The molecule has 0 radical (unpaired) electrons. The van der Waals surface area contributed by atoms with Crippen LogP contribution in [0.3, 0.4) is 0 Å². The monoisotopic (exact) mass is 258 g/mol. The second-order valence-corrected chi connectivity index (χ2v) is 5.01. The van der Waals surface area contributed by atoms with Crippen LogP contribution in [0.2, 0.25) is 0 Å². The molecule has 0 fully saturated rings. The summed E-state index contributed by atoms with van der Waals surface area (Å²) in [5.74, 6) is 0.634. The molecule has 1 atom stereocenters. The van der Waals surface area contributed by atoms with Gasteiger partial charge in [-0.25, -0.2) is 0 Å². The molecule has 1 heterocycles. The van der Waals surface area contributed by atoms with Crippen LogP contribution >= 0.6 is 0 Å². The van der Waals surface area contributed by atoms with Crippen molar-refractivity contribution in [1.29, 1.82) is 0 Å². The summed E-state index contributed by atoms with van der Waals surface area (Å²) < 4.78 is 5.46. The third-order valence-corrected chi connectivity index (χ3v) is 3.57. The highest BCUT2D eigenvalue weighted by atomic mass is 16.4. The fourth-order valence-corrected chi connectivity index (χ4v) is 2.45. The average Bonchev–Trinajstić information content (AvgIpc) is 2.99. The zero-order chi connectivity index (χ0) is 13.6. The molecule has 0 saturated carbocycles. The topological polar surface area (TPSA) is 33.4 Å². The SMILES string of the molecule is CCCCCCC(O)(c1ccccc1)c1ccco1. The first-order chi connectivity index (χ1) is 9.27. The number of unbranched alkanes of at least 4 members (excludes halogenated alkanes) is 3. The highest BCUT2D eigenvalue weighted by Gasteiger charge is 2.33. The van der Waals surface area contributed by atoms with Crippen LogP contribution < -0.4 is 0 Å². The average molecular weight is 258 g/mol. The predicted molar refractivity (Wildman–Crippen MR) is 76.9 cm³/mol. The fraction of sp³-hybridized carbons (Fsp3) is 0.412. The summed E-state index contributed by atoms with van der Waals surface area (Å²) >= 11 is 0. The lowest BCUT2D eigenvalue weighted by Gasteiger charge is -2.26. The maximum atomic E-state index is 11.0. The Hall–Kier alpha value is -1.54. The van der Waals surface area contributed by atoms with E-state index in [1.165, 1.54) is 12.8 Å². The molecule has 0 aliphatic heterocycles. The van der Waals surface area contributed by atoms with E-state index < -0.39 is 5.60 Å². The van der Waals surface area contributed by atoms with E-state index in [2.05, 4.69) is 6.92 Å². The summed E-state index contributed by atoms with van der Waals surface area (Å²) in [5.41, 5.74) is -0.0974. The van der Waals surface area contributed by atoms with Gasteiger partial charge in [0.05, 0.1) is 6.26 Å². The van der Waals surface area contributed by atoms with Crippen molar-refractivity contribution in [2.24, 2.45) is 0 Å². The molecule has 0 spiro atoms. The van der Waals surface area contributed by atoms with Gasteiger partial charge in [0.2, 0.25) is 0 Å². The summed E-state index contributed by atoms with van der Waals surface area (Å²) in [5, 5.41) is 11.0. The van der Waals surface area contributed by atoms with Crippen molar-refractivity contribution in [3.63, 3.8) is 0 Å². The van der Waals surface area contributed by atoms with Gasteiger partial charge in [-0.3, -0.25) is 0 Å². The number of hydrogen-bond acceptors (Lipinski definition) is 2. The Morgan fingerprint density at radius 1 is 1.00 bits per heavy atom. The first-order valence-corrected chi connectivity index (χ1v) is 7.09. The van der Waals surface area contributed by atoms with E-state index in [9.17, 15) is 5.11 Å². The summed E-state index contributed by atoms with van der Waals surface area (Å²) in [6, 6.07) is 13.5. The van der Waals surface area contributed by atoms with Crippen LogP contribution in [0, 0.1) is 0 Å². The van der Waals surface area contributed by atoms with Crippen LogP contribution in [0.25, 0.3) is 0 Å². The van der Waals surface area contributed by atoms with Gasteiger partial charge < -0.3 is 9.52 Å². The minimum Gasteiger partial charge on any atom is -0.466 e. The molecule has 2 nitrogen and oxygen atoms in total. The smallest absolute Gasteiger partial charge is 0.147 e. The Morgan fingerprint density at radius 3 is 2.42 bits per heavy atom. The lowest BCUT2D eigenvalue weighted by atomic mass is 9.86. The Bertz CT molecular complexity index is 461. The predicted octanol–water partition coefficient (Wildman–Crippen LogP) is 4.49. The minimum atomic E-state index is -1.00. The molecule has 1 aromatic heterocycles. The van der Waals surface area contributed by atoms with Crippen LogP contribution in [-0.2, 0) is 5.60 Å². The van der Waals surface area contributed by atoms with Gasteiger partial charge in [0, 0.05) is 0 Å². The summed E-state index contributed by atoms with van der Waals surface area (Å²) in [7, 11) is 0. The number of benzene rings is 1. The molecular weight excluding hydrogens is 236 g/mol. The molecule has 102 valence electrons. The molecule has 0 amide bonds. The molecule has 19 heavy (non-hydrogen) atoms. The van der Waals surface area contributed by atoms with Crippen molar-refractivity contribution in [2.45, 2.75) is 44.6 Å². The zero-order valence-electron chi connectivity index (χ0n) is 11.5. The molecule has 0 bridgehead atoms. The van der Waals surface area contributed by atoms with E-state index in [0.29, 0.717) is 12.2 Å². The largest absolute Gasteiger partial charge is 0.466 e. The molecule has 2 heteroatoms. The highest BCUT2D eigenvalue weighted by molar-refractivity contribution is 5.30. The Morgan fingerprint density at radius 2 is 1.79 bits per heavy atom. The lowest BCUT2D eigenvalue weighted by molar-refractivity contribution is 0.0449. The second-order valence-electron chi connectivity index (χ2n) is 5.01. The van der Waals surface area contributed by atoms with E-state index in [-0.39, 0.29) is 0 Å². The second kappa shape index (κ2) is 6.58. The molecule has 1 unspecified atom stereocenters. The van der Waals surface area contributed by atoms with Crippen molar-refractivity contribution in [3.05, 3.63) is 60.1 Å². The van der Waals surface area contributed by atoms with E-state index in [1.807, 2.05) is 42.5 Å². The molecule has 2 aromatic rings. The van der Waals surface area contributed by atoms with Crippen LogP contribution in [0.1, 0.15) is 50.4 Å². The lowest BCUT2D eigenvalue weighted by Crippen LogP contribution is -2.26. The number of hydrogen-bond donors (Lipinski definition) is 1. The van der Waals surface area contributed by atoms with Crippen LogP contribution in [-0.4, -0.2) is 5.11 Å². The van der Waals surface area contributed by atoms with Crippen LogP contribution in [0.5, 0.6) is 0 Å². The Balaban J connectivity index is 2.19. The van der Waals surface area contributed by atoms with Crippen molar-refractivity contribution in [3.8, 4) is 0 Å². The Kier molecular flexibility index (Phi) is 4.80. The van der Waals surface area contributed by atoms with Gasteiger partial charge in [-0.05, 0) is 30.5 Å². The third kappa shape index (κ3) is 3.27. The van der Waals surface area contributed by atoms with Gasteiger partial charge in [-0.15, -0.1) is 0 Å². The summed E-state index contributed by atoms with van der Waals surface area (Å²) in [4.78, 5) is 0. The minimum absolute atomic E-state index is 0.634. The summed E-state index contributed by atoms with van der Waals surface area (Å²) in [6.07, 6.45) is 6.87. The molecular formula is C17H22O2. The molecule has 1 N–H and O–H groups in total. The van der Waals surface area contributed by atoms with Crippen molar-refractivity contribution in [1.82, 2.24) is 0 Å². The molecule has 0 aliphatic carbocycles. The van der Waals surface area contributed by atoms with Gasteiger partial charge in [0.15, 0.2) is 0 Å². The first-order valence-electron chi connectivity index (χ1n) is 7.09.